The van der Waals surface area contributed by atoms with Gasteiger partial charge < -0.3 is 0 Å². The summed E-state index contributed by atoms with van der Waals surface area (Å²) in [6, 6.07) is 5.48. The van der Waals surface area contributed by atoms with E-state index < -0.39 is 0 Å². The van der Waals surface area contributed by atoms with E-state index >= 15 is 0 Å². The number of hydrogen-bond acceptors (Lipinski definition) is 3. The summed E-state index contributed by atoms with van der Waals surface area (Å²) in [5.74, 6) is -0.00513. The Kier molecular flexibility index (Phi) is 6.18. The quantitative estimate of drug-likeness (QED) is 0.632. The van der Waals surface area contributed by atoms with E-state index in [-0.39, 0.29) is 11.4 Å². The molecule has 1 aliphatic carbocycles. The molecule has 1 saturated carbocycles. The van der Waals surface area contributed by atoms with Gasteiger partial charge in [0.15, 0.2) is 0 Å². The molecule has 1 heterocycles. The fourth-order valence-corrected chi connectivity index (χ4v) is 4.60. The molecule has 0 radical (unpaired) electrons. The molecule has 1 aliphatic heterocycles. The molecule has 0 bridgehead atoms. The Hall–Kier alpha value is -1.62. The van der Waals surface area contributed by atoms with Crippen molar-refractivity contribution in [3.8, 4) is 0 Å². The molecule has 3 N–H and O–H groups in total. The van der Waals surface area contributed by atoms with Gasteiger partial charge in [0.2, 0.25) is 0 Å². The Labute approximate surface area is 158 Å². The summed E-state index contributed by atoms with van der Waals surface area (Å²) >= 11 is 0. The van der Waals surface area contributed by atoms with Crippen LogP contribution in [0.25, 0.3) is 0 Å². The summed E-state index contributed by atoms with van der Waals surface area (Å²) in [4.78, 5) is 15.5. The molecule has 140 valence electrons. The first-order valence-corrected chi connectivity index (χ1v) is 10.1. The summed E-state index contributed by atoms with van der Waals surface area (Å²) in [6.45, 7) is 5.02. The van der Waals surface area contributed by atoms with E-state index in [9.17, 15) is 4.79 Å². The second-order valence-corrected chi connectivity index (χ2v) is 8.10. The molecule has 5 heteroatoms. The van der Waals surface area contributed by atoms with Gasteiger partial charge in [-0.1, -0.05) is 0 Å². The number of piperidine rings is 1. The van der Waals surface area contributed by atoms with Gasteiger partial charge in [0.05, 0.1) is 0 Å². The van der Waals surface area contributed by atoms with Gasteiger partial charge in [-0.2, -0.15) is 0 Å². The van der Waals surface area contributed by atoms with Crippen molar-refractivity contribution in [3.63, 3.8) is 0 Å². The van der Waals surface area contributed by atoms with Crippen molar-refractivity contribution in [2.45, 2.75) is 63.8 Å². The standard InChI is InChI=1S/C21H32BN3O/c1-16(22)18-14-17(8-9-19(18)23)20(26)24-15-21(10-4-2-5-11-21)25-12-6-3-7-13-25/h8-9,14,22H,2-7,10-13,15,23H2,1H3,(H,24,26). The molecule has 26 heavy (non-hydrogen) atoms. The average Bonchev–Trinajstić information content (AvgIpc) is 2.67. The van der Waals surface area contributed by atoms with E-state index in [0.717, 1.165) is 17.6 Å². The SMILES string of the molecule is B=C(C)c1cc(C(=O)NCC2(N3CCCCC3)CCCCC2)ccc1N. The number of amides is 1. The van der Waals surface area contributed by atoms with E-state index in [1.54, 1.807) is 6.07 Å². The third kappa shape index (κ3) is 4.20. The number of nitrogens with zero attached hydrogens (tertiary/aromatic N) is 1. The van der Waals surface area contributed by atoms with Gasteiger partial charge in [-0.15, -0.1) is 0 Å². The van der Waals surface area contributed by atoms with Crippen LogP contribution in [0.3, 0.4) is 0 Å². The maximum absolute atomic E-state index is 12.8. The molecule has 1 aromatic rings. The van der Waals surface area contributed by atoms with Crippen LogP contribution >= 0.6 is 0 Å². The maximum atomic E-state index is 12.8. The zero-order chi connectivity index (χ0) is 18.6. The topological polar surface area (TPSA) is 58.4 Å². The Morgan fingerprint density at radius 1 is 1.15 bits per heavy atom. The summed E-state index contributed by atoms with van der Waals surface area (Å²) in [6.07, 6.45) is 10.2. The molecular formula is C21H32BN3O. The van der Waals surface area contributed by atoms with Crippen LogP contribution < -0.4 is 11.1 Å². The summed E-state index contributed by atoms with van der Waals surface area (Å²) in [5.41, 5.74) is 9.24. The number of carbonyl (C=O) groups excluding carboxylic acids is 1. The van der Waals surface area contributed by atoms with Crippen LogP contribution in [0.1, 0.15) is 74.2 Å². The summed E-state index contributed by atoms with van der Waals surface area (Å²) in [5, 5.41) is 3.24. The molecule has 0 aromatic heterocycles. The Morgan fingerprint density at radius 2 is 1.81 bits per heavy atom. The first kappa shape index (κ1) is 19.2. The van der Waals surface area contributed by atoms with Crippen LogP contribution in [0.4, 0.5) is 5.69 Å². The van der Waals surface area contributed by atoms with Crippen LogP contribution in [0.5, 0.6) is 0 Å². The van der Waals surface area contributed by atoms with Crippen molar-refractivity contribution in [1.29, 1.82) is 0 Å². The first-order valence-electron chi connectivity index (χ1n) is 10.1. The zero-order valence-corrected chi connectivity index (χ0v) is 16.2. The minimum atomic E-state index is -0.00513. The number of nitrogen functional groups attached to an aromatic ring is 1. The van der Waals surface area contributed by atoms with Crippen molar-refractivity contribution in [3.05, 3.63) is 29.3 Å². The van der Waals surface area contributed by atoms with Crippen molar-refractivity contribution in [2.75, 3.05) is 25.4 Å². The van der Waals surface area contributed by atoms with Gasteiger partial charge in [0.25, 0.3) is 0 Å². The number of hydrogen-bond donors (Lipinski definition) is 2. The van der Waals surface area contributed by atoms with Gasteiger partial charge in [0.1, 0.15) is 0 Å². The first-order chi connectivity index (χ1) is 12.5. The molecule has 2 aliphatic rings. The van der Waals surface area contributed by atoms with Crippen LogP contribution in [0.2, 0.25) is 0 Å². The Bertz CT molecular complexity index is 661. The van der Waals surface area contributed by atoms with Gasteiger partial charge in [-0.25, -0.2) is 0 Å². The monoisotopic (exact) mass is 353 g/mol. The van der Waals surface area contributed by atoms with Crippen molar-refractivity contribution < 1.29 is 4.79 Å². The molecule has 3 rings (SSSR count). The van der Waals surface area contributed by atoms with E-state index in [0.29, 0.717) is 11.3 Å². The molecule has 1 aromatic carbocycles. The second-order valence-electron chi connectivity index (χ2n) is 8.10. The van der Waals surface area contributed by atoms with Crippen LogP contribution in [0, 0.1) is 0 Å². The van der Waals surface area contributed by atoms with Gasteiger partial charge in [-0.3, -0.25) is 0 Å². The number of likely N-dealkylation sites (tertiary alicyclic amines) is 1. The van der Waals surface area contributed by atoms with Crippen LogP contribution in [-0.2, 0) is 0 Å². The number of carbonyl (C=O) groups is 1. The fraction of sp³-hybridized carbons (Fsp3) is 0.619. The number of nitrogens with two attached hydrogens (primary N) is 1. The van der Waals surface area contributed by atoms with E-state index in [2.05, 4.69) is 17.7 Å². The van der Waals surface area contributed by atoms with Crippen molar-refractivity contribution >= 4 is 24.5 Å². The number of nitrogens with one attached hydrogen (secondary N) is 1. The van der Waals surface area contributed by atoms with E-state index in [1.807, 2.05) is 19.1 Å². The number of rotatable bonds is 5. The van der Waals surface area contributed by atoms with Crippen LogP contribution in [0.15, 0.2) is 18.2 Å². The summed E-state index contributed by atoms with van der Waals surface area (Å²) in [7, 11) is 3.96. The molecule has 0 spiro atoms. The third-order valence-corrected chi connectivity index (χ3v) is 6.16. The molecule has 2 fully saturated rings. The van der Waals surface area contributed by atoms with Crippen LogP contribution in [-0.4, -0.2) is 48.9 Å². The minimum absolute atomic E-state index is 0.00513. The number of benzene rings is 1. The molecule has 1 saturated heterocycles. The van der Waals surface area contributed by atoms with Gasteiger partial charge in [0, 0.05) is 0 Å². The molecular weight excluding hydrogens is 321 g/mol. The third-order valence-electron chi connectivity index (χ3n) is 6.16. The predicted molar refractivity (Wildman–Crippen MR) is 111 cm³/mol. The molecule has 0 atom stereocenters. The number of anilines is 1. The molecule has 4 nitrogen and oxygen atoms in total. The normalized spacial score (nSPS) is 20.5. The van der Waals surface area contributed by atoms with Crippen molar-refractivity contribution in [2.24, 2.45) is 0 Å². The second kappa shape index (κ2) is 8.38. The van der Waals surface area contributed by atoms with E-state index in [4.69, 9.17) is 5.73 Å². The fourth-order valence-electron chi connectivity index (χ4n) is 4.60. The van der Waals surface area contributed by atoms with Gasteiger partial charge in [-0.05, 0) is 0 Å². The zero-order valence-electron chi connectivity index (χ0n) is 16.2. The Balaban J connectivity index is 1.71. The van der Waals surface area contributed by atoms with Gasteiger partial charge >= 0.3 is 158 Å². The average molecular weight is 353 g/mol. The van der Waals surface area contributed by atoms with Crippen molar-refractivity contribution in [1.82, 2.24) is 10.2 Å². The Morgan fingerprint density at radius 3 is 2.46 bits per heavy atom. The van der Waals surface area contributed by atoms with E-state index in [1.165, 1.54) is 64.5 Å². The molecule has 1 amide bonds. The predicted octanol–water partition coefficient (Wildman–Crippen LogP) is 2.63. The summed E-state index contributed by atoms with van der Waals surface area (Å²) < 4.78 is 0. The molecule has 0 unspecified atom stereocenters.